The highest BCUT2D eigenvalue weighted by molar-refractivity contribution is 5.25. The Morgan fingerprint density at radius 1 is 1.33 bits per heavy atom. The Bertz CT molecular complexity index is 573. The van der Waals surface area contributed by atoms with Crippen LogP contribution in [-0.4, -0.2) is 39.8 Å². The van der Waals surface area contributed by atoms with E-state index in [9.17, 15) is 0 Å². The molecule has 0 radical (unpaired) electrons. The maximum absolute atomic E-state index is 5.04. The minimum atomic E-state index is 0.725. The smallest absolute Gasteiger partial charge is 0.0693 e. The van der Waals surface area contributed by atoms with Crippen LogP contribution in [0.15, 0.2) is 12.4 Å². The zero-order valence-corrected chi connectivity index (χ0v) is 13.4. The number of nitrogens with zero attached hydrogens (tertiary/aromatic N) is 4. The van der Waals surface area contributed by atoms with Crippen LogP contribution in [0.3, 0.4) is 0 Å². The van der Waals surface area contributed by atoms with E-state index in [1.807, 2.05) is 10.9 Å². The summed E-state index contributed by atoms with van der Waals surface area (Å²) in [5.41, 5.74) is 4.75. The van der Waals surface area contributed by atoms with Crippen LogP contribution in [0.2, 0.25) is 0 Å². The summed E-state index contributed by atoms with van der Waals surface area (Å²) >= 11 is 0. The first kappa shape index (κ1) is 15.7. The molecule has 2 aromatic rings. The lowest BCUT2D eigenvalue weighted by molar-refractivity contribution is 0.199. The van der Waals surface area contributed by atoms with E-state index in [-0.39, 0.29) is 0 Å². The summed E-state index contributed by atoms with van der Waals surface area (Å²) in [4.78, 5) is 0. The van der Waals surface area contributed by atoms with E-state index in [1.165, 1.54) is 16.8 Å². The van der Waals surface area contributed by atoms with E-state index in [4.69, 9.17) is 4.74 Å². The van der Waals surface area contributed by atoms with Crippen LogP contribution in [0.1, 0.15) is 29.4 Å². The molecule has 0 aromatic carbocycles. The van der Waals surface area contributed by atoms with E-state index in [2.05, 4.69) is 47.2 Å². The lowest BCUT2D eigenvalue weighted by atomic mass is 10.2. The van der Waals surface area contributed by atoms with Crippen molar-refractivity contribution in [3.63, 3.8) is 0 Å². The average molecular weight is 291 g/mol. The lowest BCUT2D eigenvalue weighted by Gasteiger charge is -2.06. The van der Waals surface area contributed by atoms with Gasteiger partial charge in [-0.3, -0.25) is 9.36 Å². The van der Waals surface area contributed by atoms with Gasteiger partial charge in [-0.25, -0.2) is 0 Å². The van der Waals surface area contributed by atoms with Gasteiger partial charge < -0.3 is 10.1 Å². The van der Waals surface area contributed by atoms with E-state index in [0.29, 0.717) is 0 Å². The molecule has 0 unspecified atom stereocenters. The van der Waals surface area contributed by atoms with Crippen molar-refractivity contribution >= 4 is 0 Å². The Morgan fingerprint density at radius 3 is 2.81 bits per heavy atom. The fourth-order valence-corrected chi connectivity index (χ4v) is 2.37. The molecule has 116 valence electrons. The summed E-state index contributed by atoms with van der Waals surface area (Å²) in [7, 11) is 1.71. The monoisotopic (exact) mass is 291 g/mol. The first-order chi connectivity index (χ1) is 10.2. The van der Waals surface area contributed by atoms with Gasteiger partial charge in [0.25, 0.3) is 0 Å². The second-order valence-electron chi connectivity index (χ2n) is 5.18. The van der Waals surface area contributed by atoms with Crippen LogP contribution in [-0.2, 0) is 24.4 Å². The van der Waals surface area contributed by atoms with Gasteiger partial charge in [0.05, 0.1) is 25.0 Å². The highest BCUT2D eigenvalue weighted by Crippen LogP contribution is 2.14. The van der Waals surface area contributed by atoms with Crippen LogP contribution in [0, 0.1) is 13.8 Å². The minimum Gasteiger partial charge on any atom is -0.383 e. The molecule has 2 heterocycles. The maximum Gasteiger partial charge on any atom is 0.0693 e. The number of nitrogens with one attached hydrogen (secondary N) is 1. The summed E-state index contributed by atoms with van der Waals surface area (Å²) in [5, 5.41) is 12.3. The standard InChI is InChI=1S/C15H25N5O/c1-5-19-10-14(8-17-19)11-20-13(3)15(12(2)18-20)9-16-6-7-21-4/h8,10,16H,5-7,9,11H2,1-4H3. The van der Waals surface area contributed by atoms with E-state index in [0.717, 1.165) is 38.5 Å². The van der Waals surface area contributed by atoms with Crippen LogP contribution in [0.25, 0.3) is 0 Å². The second kappa shape index (κ2) is 7.38. The van der Waals surface area contributed by atoms with Gasteiger partial charge in [-0.05, 0) is 20.8 Å². The first-order valence-corrected chi connectivity index (χ1v) is 7.39. The molecular formula is C15H25N5O. The molecule has 6 nitrogen and oxygen atoms in total. The summed E-state index contributed by atoms with van der Waals surface area (Å²) in [6, 6.07) is 0. The van der Waals surface area contributed by atoms with Gasteiger partial charge >= 0.3 is 0 Å². The van der Waals surface area contributed by atoms with E-state index < -0.39 is 0 Å². The van der Waals surface area contributed by atoms with Crippen molar-refractivity contribution in [1.29, 1.82) is 0 Å². The molecule has 0 saturated heterocycles. The molecule has 2 aromatic heterocycles. The molecule has 1 N–H and O–H groups in total. The molecule has 21 heavy (non-hydrogen) atoms. The SMILES string of the molecule is CCn1cc(Cn2nc(C)c(CNCCOC)c2C)cn1. The van der Waals surface area contributed by atoms with Gasteiger partial charge in [-0.15, -0.1) is 0 Å². The van der Waals surface area contributed by atoms with Crippen molar-refractivity contribution in [2.45, 2.75) is 40.4 Å². The maximum atomic E-state index is 5.04. The number of aromatic nitrogens is 4. The Hall–Kier alpha value is -1.66. The Kier molecular flexibility index (Phi) is 5.52. The van der Waals surface area contributed by atoms with Gasteiger partial charge in [0.15, 0.2) is 0 Å². The van der Waals surface area contributed by atoms with Gasteiger partial charge in [0.1, 0.15) is 0 Å². The average Bonchev–Trinajstić information content (AvgIpc) is 3.03. The number of ether oxygens (including phenoxy) is 1. The molecule has 2 rings (SSSR count). The number of methoxy groups -OCH3 is 1. The number of hydrogen-bond acceptors (Lipinski definition) is 4. The molecule has 0 aliphatic rings. The van der Waals surface area contributed by atoms with Crippen molar-refractivity contribution in [2.75, 3.05) is 20.3 Å². The fourth-order valence-electron chi connectivity index (χ4n) is 2.37. The lowest BCUT2D eigenvalue weighted by Crippen LogP contribution is -2.19. The molecule has 0 atom stereocenters. The van der Waals surface area contributed by atoms with Gasteiger partial charge in [0.2, 0.25) is 0 Å². The van der Waals surface area contributed by atoms with Crippen molar-refractivity contribution in [3.05, 3.63) is 34.9 Å². The van der Waals surface area contributed by atoms with Gasteiger partial charge in [-0.2, -0.15) is 10.2 Å². The van der Waals surface area contributed by atoms with Crippen LogP contribution < -0.4 is 5.32 Å². The third-order valence-electron chi connectivity index (χ3n) is 3.66. The van der Waals surface area contributed by atoms with E-state index in [1.54, 1.807) is 7.11 Å². The zero-order valence-electron chi connectivity index (χ0n) is 13.4. The minimum absolute atomic E-state index is 0.725. The van der Waals surface area contributed by atoms with Crippen LogP contribution in [0.5, 0.6) is 0 Å². The third-order valence-corrected chi connectivity index (χ3v) is 3.66. The Morgan fingerprint density at radius 2 is 2.14 bits per heavy atom. The molecule has 6 heteroatoms. The van der Waals surface area contributed by atoms with Crippen LogP contribution in [0.4, 0.5) is 0 Å². The number of rotatable bonds is 8. The zero-order chi connectivity index (χ0) is 15.2. The normalized spacial score (nSPS) is 11.2. The topological polar surface area (TPSA) is 56.9 Å². The number of hydrogen-bond donors (Lipinski definition) is 1. The van der Waals surface area contributed by atoms with E-state index >= 15 is 0 Å². The number of aryl methyl sites for hydroxylation is 2. The predicted molar refractivity (Wildman–Crippen MR) is 82.3 cm³/mol. The molecule has 0 aliphatic carbocycles. The summed E-state index contributed by atoms with van der Waals surface area (Å²) in [5.74, 6) is 0. The first-order valence-electron chi connectivity index (χ1n) is 7.39. The van der Waals surface area contributed by atoms with Crippen molar-refractivity contribution < 1.29 is 4.74 Å². The highest BCUT2D eigenvalue weighted by Gasteiger charge is 2.11. The Labute approximate surface area is 126 Å². The van der Waals surface area contributed by atoms with Gasteiger partial charge in [0, 0.05) is 49.8 Å². The van der Waals surface area contributed by atoms with Crippen molar-refractivity contribution in [1.82, 2.24) is 24.9 Å². The Balaban J connectivity index is 2.03. The predicted octanol–water partition coefficient (Wildman–Crippen LogP) is 1.50. The summed E-state index contributed by atoms with van der Waals surface area (Å²) < 4.78 is 9.04. The molecule has 0 fully saturated rings. The highest BCUT2D eigenvalue weighted by atomic mass is 16.5. The third kappa shape index (κ3) is 3.92. The van der Waals surface area contributed by atoms with Crippen molar-refractivity contribution in [2.24, 2.45) is 0 Å². The summed E-state index contributed by atoms with van der Waals surface area (Å²) in [6.07, 6.45) is 3.99. The molecular weight excluding hydrogens is 266 g/mol. The van der Waals surface area contributed by atoms with Crippen molar-refractivity contribution in [3.8, 4) is 0 Å². The summed E-state index contributed by atoms with van der Waals surface area (Å²) in [6.45, 7) is 10.3. The fraction of sp³-hybridized carbons (Fsp3) is 0.600. The quantitative estimate of drug-likeness (QED) is 0.749. The molecule has 0 amide bonds. The molecule has 0 aliphatic heterocycles. The largest absolute Gasteiger partial charge is 0.383 e. The molecule has 0 spiro atoms. The molecule has 0 saturated carbocycles. The second-order valence-corrected chi connectivity index (χ2v) is 5.18. The molecule has 0 bridgehead atoms. The van der Waals surface area contributed by atoms with Gasteiger partial charge in [-0.1, -0.05) is 0 Å². The van der Waals surface area contributed by atoms with Crippen LogP contribution >= 0.6 is 0 Å².